The van der Waals surface area contributed by atoms with Crippen molar-refractivity contribution in [2.45, 2.75) is 31.8 Å². The molecule has 2 aromatic carbocycles. The summed E-state index contributed by atoms with van der Waals surface area (Å²) < 4.78 is 0. The molecule has 1 saturated heterocycles. The van der Waals surface area contributed by atoms with Crippen LogP contribution in [-0.2, 0) is 6.42 Å². The SMILES string of the molecule is CNC(=O)c1ccc(CC[C@H](C)N2C[C@@H]2c2ccccc2)cc1. The van der Waals surface area contributed by atoms with E-state index in [-0.39, 0.29) is 5.91 Å². The molecule has 3 atom stereocenters. The van der Waals surface area contributed by atoms with Crippen molar-refractivity contribution in [2.75, 3.05) is 13.6 Å². The molecule has 0 saturated carbocycles. The van der Waals surface area contributed by atoms with Gasteiger partial charge in [-0.25, -0.2) is 0 Å². The number of carbonyl (C=O) groups is 1. The predicted molar refractivity (Wildman–Crippen MR) is 93.5 cm³/mol. The second-order valence-corrected chi connectivity index (χ2v) is 6.29. The molecule has 120 valence electrons. The highest BCUT2D eigenvalue weighted by atomic mass is 16.1. The van der Waals surface area contributed by atoms with E-state index in [1.54, 1.807) is 7.05 Å². The van der Waals surface area contributed by atoms with Crippen molar-refractivity contribution >= 4 is 5.91 Å². The molecule has 0 spiro atoms. The van der Waals surface area contributed by atoms with Crippen LogP contribution in [0.4, 0.5) is 0 Å². The molecule has 1 aliphatic heterocycles. The molecule has 0 aliphatic carbocycles. The third-order valence-electron chi connectivity index (χ3n) is 4.69. The summed E-state index contributed by atoms with van der Waals surface area (Å²) in [6.07, 6.45) is 2.19. The van der Waals surface area contributed by atoms with Gasteiger partial charge in [0.2, 0.25) is 0 Å². The van der Waals surface area contributed by atoms with Crippen LogP contribution in [0.3, 0.4) is 0 Å². The first-order chi connectivity index (χ1) is 11.2. The number of rotatable bonds is 6. The first-order valence-electron chi connectivity index (χ1n) is 8.30. The molecule has 1 amide bonds. The van der Waals surface area contributed by atoms with Gasteiger partial charge in [0, 0.05) is 31.2 Å². The lowest BCUT2D eigenvalue weighted by Gasteiger charge is -2.14. The third kappa shape index (κ3) is 3.80. The Labute approximate surface area is 138 Å². The Balaban J connectivity index is 1.50. The van der Waals surface area contributed by atoms with Gasteiger partial charge in [0.05, 0.1) is 0 Å². The van der Waals surface area contributed by atoms with Crippen LogP contribution in [0.25, 0.3) is 0 Å². The van der Waals surface area contributed by atoms with Crippen LogP contribution in [0.2, 0.25) is 0 Å². The lowest BCUT2D eigenvalue weighted by Crippen LogP contribution is -2.18. The lowest BCUT2D eigenvalue weighted by molar-refractivity contribution is 0.0963. The Morgan fingerprint density at radius 1 is 1.17 bits per heavy atom. The van der Waals surface area contributed by atoms with Gasteiger partial charge in [-0.1, -0.05) is 42.5 Å². The van der Waals surface area contributed by atoms with Gasteiger partial charge in [-0.05, 0) is 43.0 Å². The molecule has 1 unspecified atom stereocenters. The van der Waals surface area contributed by atoms with E-state index in [0.717, 1.165) is 18.4 Å². The van der Waals surface area contributed by atoms with E-state index >= 15 is 0 Å². The molecule has 1 heterocycles. The lowest BCUT2D eigenvalue weighted by atomic mass is 10.0. The normalized spacial score (nSPS) is 20.8. The van der Waals surface area contributed by atoms with Crippen molar-refractivity contribution < 1.29 is 4.79 Å². The largest absolute Gasteiger partial charge is 0.355 e. The van der Waals surface area contributed by atoms with Gasteiger partial charge in [0.25, 0.3) is 5.91 Å². The van der Waals surface area contributed by atoms with Crippen LogP contribution in [-0.4, -0.2) is 30.4 Å². The fraction of sp³-hybridized carbons (Fsp3) is 0.350. The van der Waals surface area contributed by atoms with Crippen LogP contribution in [0.15, 0.2) is 54.6 Å². The summed E-state index contributed by atoms with van der Waals surface area (Å²) in [5.41, 5.74) is 3.44. The number of amides is 1. The van der Waals surface area contributed by atoms with Crippen LogP contribution in [0.5, 0.6) is 0 Å². The minimum Gasteiger partial charge on any atom is -0.355 e. The molecular formula is C20H24N2O. The molecule has 2 aromatic rings. The highest BCUT2D eigenvalue weighted by Crippen LogP contribution is 2.37. The molecule has 1 fully saturated rings. The Morgan fingerprint density at radius 2 is 1.87 bits per heavy atom. The monoisotopic (exact) mass is 308 g/mol. The van der Waals surface area contributed by atoms with Crippen molar-refractivity contribution in [3.8, 4) is 0 Å². The highest BCUT2D eigenvalue weighted by Gasteiger charge is 2.38. The van der Waals surface area contributed by atoms with Gasteiger partial charge in [0.1, 0.15) is 0 Å². The standard InChI is InChI=1S/C20H24N2O/c1-15(22-14-19(22)17-6-4-3-5-7-17)8-9-16-10-12-18(13-11-16)20(23)21-2/h3-7,10-13,15,19H,8-9,14H2,1-2H3,(H,21,23)/t15-,19+,22?/m0/s1. The van der Waals surface area contributed by atoms with E-state index in [1.807, 2.05) is 12.1 Å². The summed E-state index contributed by atoms with van der Waals surface area (Å²) in [6, 6.07) is 19.9. The Bertz CT molecular complexity index is 651. The average Bonchev–Trinajstić information content (AvgIpc) is 3.41. The van der Waals surface area contributed by atoms with E-state index < -0.39 is 0 Å². The molecule has 3 heteroatoms. The third-order valence-corrected chi connectivity index (χ3v) is 4.69. The molecule has 0 aromatic heterocycles. The van der Waals surface area contributed by atoms with Crippen LogP contribution >= 0.6 is 0 Å². The fourth-order valence-electron chi connectivity index (χ4n) is 3.12. The number of carbonyl (C=O) groups excluding carboxylic acids is 1. The number of benzene rings is 2. The molecule has 1 N–H and O–H groups in total. The second kappa shape index (κ2) is 6.97. The van der Waals surface area contributed by atoms with Crippen molar-refractivity contribution in [3.05, 3.63) is 71.3 Å². The first kappa shape index (κ1) is 15.8. The fourth-order valence-corrected chi connectivity index (χ4v) is 3.12. The zero-order valence-electron chi connectivity index (χ0n) is 13.8. The van der Waals surface area contributed by atoms with E-state index in [4.69, 9.17) is 0 Å². The van der Waals surface area contributed by atoms with E-state index in [2.05, 4.69) is 59.6 Å². The Morgan fingerprint density at radius 3 is 2.52 bits per heavy atom. The number of aryl methyl sites for hydroxylation is 1. The number of nitrogens with one attached hydrogen (secondary N) is 1. The van der Waals surface area contributed by atoms with Gasteiger partial charge in [-0.2, -0.15) is 0 Å². The van der Waals surface area contributed by atoms with Crippen molar-refractivity contribution in [1.82, 2.24) is 10.2 Å². The van der Waals surface area contributed by atoms with Crippen LogP contribution in [0, 0.1) is 0 Å². The summed E-state index contributed by atoms with van der Waals surface area (Å²) in [4.78, 5) is 14.1. The van der Waals surface area contributed by atoms with E-state index in [0.29, 0.717) is 12.1 Å². The molecule has 23 heavy (non-hydrogen) atoms. The van der Waals surface area contributed by atoms with Crippen LogP contribution < -0.4 is 5.32 Å². The quantitative estimate of drug-likeness (QED) is 0.829. The van der Waals surface area contributed by atoms with Gasteiger partial charge in [-0.15, -0.1) is 0 Å². The number of nitrogens with zero attached hydrogens (tertiary/aromatic N) is 1. The molecule has 1 aliphatic rings. The topological polar surface area (TPSA) is 32.1 Å². The Hall–Kier alpha value is -2.13. The zero-order chi connectivity index (χ0) is 16.2. The van der Waals surface area contributed by atoms with Gasteiger partial charge < -0.3 is 5.32 Å². The maximum absolute atomic E-state index is 11.5. The predicted octanol–water partition coefficient (Wildman–Crippen LogP) is 3.42. The summed E-state index contributed by atoms with van der Waals surface area (Å²) in [6.45, 7) is 3.47. The minimum atomic E-state index is -0.0280. The number of hydrogen-bond acceptors (Lipinski definition) is 2. The van der Waals surface area contributed by atoms with Crippen molar-refractivity contribution in [1.29, 1.82) is 0 Å². The minimum absolute atomic E-state index is 0.0280. The average molecular weight is 308 g/mol. The summed E-state index contributed by atoms with van der Waals surface area (Å²) in [5, 5.41) is 2.65. The molecule has 3 nitrogen and oxygen atoms in total. The van der Waals surface area contributed by atoms with E-state index in [1.165, 1.54) is 17.7 Å². The Kier molecular flexibility index (Phi) is 4.77. The summed E-state index contributed by atoms with van der Waals surface area (Å²) in [7, 11) is 1.66. The maximum Gasteiger partial charge on any atom is 0.251 e. The van der Waals surface area contributed by atoms with Crippen molar-refractivity contribution in [2.24, 2.45) is 0 Å². The smallest absolute Gasteiger partial charge is 0.251 e. The zero-order valence-corrected chi connectivity index (χ0v) is 13.8. The summed E-state index contributed by atoms with van der Waals surface area (Å²) in [5.74, 6) is -0.0280. The van der Waals surface area contributed by atoms with E-state index in [9.17, 15) is 4.79 Å². The second-order valence-electron chi connectivity index (χ2n) is 6.29. The van der Waals surface area contributed by atoms with Gasteiger partial charge >= 0.3 is 0 Å². The summed E-state index contributed by atoms with van der Waals surface area (Å²) >= 11 is 0. The maximum atomic E-state index is 11.5. The molecule has 0 bridgehead atoms. The molecular weight excluding hydrogens is 284 g/mol. The van der Waals surface area contributed by atoms with Crippen molar-refractivity contribution in [3.63, 3.8) is 0 Å². The molecule has 0 radical (unpaired) electrons. The van der Waals surface area contributed by atoms with Gasteiger partial charge in [-0.3, -0.25) is 9.69 Å². The highest BCUT2D eigenvalue weighted by molar-refractivity contribution is 5.93. The molecule has 3 rings (SSSR count). The number of hydrogen-bond donors (Lipinski definition) is 1. The van der Waals surface area contributed by atoms with Gasteiger partial charge in [0.15, 0.2) is 0 Å². The first-order valence-corrected chi connectivity index (χ1v) is 8.30. The van der Waals surface area contributed by atoms with Crippen LogP contribution in [0.1, 0.15) is 40.9 Å².